The van der Waals surface area contributed by atoms with Crippen molar-refractivity contribution < 1.29 is 14.6 Å². The van der Waals surface area contributed by atoms with Crippen LogP contribution in [0.2, 0.25) is 0 Å². The third kappa shape index (κ3) is 5.80. The zero-order valence-corrected chi connectivity index (χ0v) is 14.9. The van der Waals surface area contributed by atoms with Crippen LogP contribution >= 0.6 is 0 Å². The zero-order valence-electron chi connectivity index (χ0n) is 14.9. The Kier molecular flexibility index (Phi) is 7.06. The van der Waals surface area contributed by atoms with Gasteiger partial charge in [-0.2, -0.15) is 0 Å². The highest BCUT2D eigenvalue weighted by Crippen LogP contribution is 2.26. The van der Waals surface area contributed by atoms with Crippen molar-refractivity contribution in [3.8, 4) is 5.75 Å². The Hall–Kier alpha value is -1.59. The standard InChI is InChI=1S/C19H30N2O3/c1-21(2)18(22)14-24-17-10-6-5-9-16(17)13-20-15-19(23)11-7-3-4-8-12-19/h5-6,9-10,20,23H,3-4,7-8,11-15H2,1-2H3. The predicted octanol–water partition coefficient (Wildman–Crippen LogP) is 2.33. The van der Waals surface area contributed by atoms with Gasteiger partial charge in [0.1, 0.15) is 5.75 Å². The molecule has 0 atom stereocenters. The normalized spacial score (nSPS) is 17.1. The molecule has 1 fully saturated rings. The van der Waals surface area contributed by atoms with Gasteiger partial charge in [-0.3, -0.25) is 4.79 Å². The first-order valence-electron chi connectivity index (χ1n) is 8.84. The van der Waals surface area contributed by atoms with Crippen molar-refractivity contribution >= 4 is 5.91 Å². The molecule has 0 aromatic heterocycles. The van der Waals surface area contributed by atoms with Gasteiger partial charge in [-0.1, -0.05) is 43.9 Å². The van der Waals surface area contributed by atoms with E-state index in [0.29, 0.717) is 18.8 Å². The number of nitrogens with one attached hydrogen (secondary N) is 1. The summed E-state index contributed by atoms with van der Waals surface area (Å²) in [5, 5.41) is 14.1. The van der Waals surface area contributed by atoms with Crippen LogP contribution in [0.5, 0.6) is 5.75 Å². The molecule has 1 aliphatic rings. The van der Waals surface area contributed by atoms with Crippen LogP contribution in [0.4, 0.5) is 0 Å². The smallest absolute Gasteiger partial charge is 0.259 e. The number of hydrogen-bond donors (Lipinski definition) is 2. The minimum Gasteiger partial charge on any atom is -0.483 e. The fraction of sp³-hybridized carbons (Fsp3) is 0.632. The third-order valence-corrected chi connectivity index (χ3v) is 4.63. The van der Waals surface area contributed by atoms with Gasteiger partial charge in [0.25, 0.3) is 5.91 Å². The lowest BCUT2D eigenvalue weighted by atomic mass is 9.94. The summed E-state index contributed by atoms with van der Waals surface area (Å²) in [6, 6.07) is 7.72. The van der Waals surface area contributed by atoms with Crippen molar-refractivity contribution in [1.29, 1.82) is 0 Å². The molecule has 0 spiro atoms. The van der Waals surface area contributed by atoms with Gasteiger partial charge in [0.2, 0.25) is 0 Å². The van der Waals surface area contributed by atoms with Gasteiger partial charge < -0.3 is 20.1 Å². The molecule has 0 bridgehead atoms. The Bertz CT molecular complexity index is 523. The van der Waals surface area contributed by atoms with Crippen LogP contribution in [-0.2, 0) is 11.3 Å². The number of hydrogen-bond acceptors (Lipinski definition) is 4. The van der Waals surface area contributed by atoms with E-state index in [2.05, 4.69) is 5.32 Å². The summed E-state index contributed by atoms with van der Waals surface area (Å²) < 4.78 is 5.65. The van der Waals surface area contributed by atoms with Gasteiger partial charge in [-0.15, -0.1) is 0 Å². The van der Waals surface area contributed by atoms with Crippen molar-refractivity contribution in [3.63, 3.8) is 0 Å². The minimum absolute atomic E-state index is 0.0357. The molecule has 1 amide bonds. The second-order valence-electron chi connectivity index (χ2n) is 6.93. The summed E-state index contributed by atoms with van der Waals surface area (Å²) in [7, 11) is 3.43. The average Bonchev–Trinajstić information content (AvgIpc) is 2.78. The summed E-state index contributed by atoms with van der Waals surface area (Å²) in [6.07, 6.45) is 6.39. The number of ether oxygens (including phenoxy) is 1. The van der Waals surface area contributed by atoms with E-state index in [1.54, 1.807) is 14.1 Å². The van der Waals surface area contributed by atoms with E-state index in [-0.39, 0.29) is 12.5 Å². The quantitative estimate of drug-likeness (QED) is 0.751. The number of nitrogens with zero attached hydrogens (tertiary/aromatic N) is 1. The van der Waals surface area contributed by atoms with Crippen LogP contribution in [0, 0.1) is 0 Å². The molecule has 24 heavy (non-hydrogen) atoms. The first kappa shape index (κ1) is 18.7. The number of carbonyl (C=O) groups excluding carboxylic acids is 1. The molecular weight excluding hydrogens is 304 g/mol. The molecule has 0 aliphatic heterocycles. The first-order chi connectivity index (χ1) is 11.5. The molecule has 0 unspecified atom stereocenters. The lowest BCUT2D eigenvalue weighted by Gasteiger charge is -2.27. The van der Waals surface area contributed by atoms with Crippen molar-refractivity contribution in [2.75, 3.05) is 27.2 Å². The zero-order chi connectivity index (χ0) is 17.4. The third-order valence-electron chi connectivity index (χ3n) is 4.63. The summed E-state index contributed by atoms with van der Waals surface area (Å²) in [5.74, 6) is 0.651. The lowest BCUT2D eigenvalue weighted by molar-refractivity contribution is -0.130. The summed E-state index contributed by atoms with van der Waals surface area (Å²) >= 11 is 0. The molecule has 2 rings (SSSR count). The molecule has 134 valence electrons. The van der Waals surface area contributed by atoms with E-state index in [9.17, 15) is 9.90 Å². The number of para-hydroxylation sites is 1. The molecule has 1 aromatic rings. The van der Waals surface area contributed by atoms with Gasteiger partial charge >= 0.3 is 0 Å². The molecule has 0 heterocycles. The van der Waals surface area contributed by atoms with Gasteiger partial charge in [0.15, 0.2) is 6.61 Å². The molecule has 1 aliphatic carbocycles. The van der Waals surface area contributed by atoms with Crippen LogP contribution in [0.3, 0.4) is 0 Å². The monoisotopic (exact) mass is 334 g/mol. The highest BCUT2D eigenvalue weighted by atomic mass is 16.5. The minimum atomic E-state index is -0.590. The molecular formula is C19H30N2O3. The van der Waals surface area contributed by atoms with Crippen molar-refractivity contribution in [1.82, 2.24) is 10.2 Å². The summed E-state index contributed by atoms with van der Waals surface area (Å²) in [4.78, 5) is 13.2. The number of likely N-dealkylation sites (N-methyl/N-ethyl adjacent to an activating group) is 1. The molecule has 1 aromatic carbocycles. The van der Waals surface area contributed by atoms with Crippen LogP contribution in [-0.4, -0.2) is 48.8 Å². The molecule has 5 nitrogen and oxygen atoms in total. The largest absolute Gasteiger partial charge is 0.483 e. The number of benzene rings is 1. The van der Waals surface area contributed by atoms with Gasteiger partial charge in [-0.25, -0.2) is 0 Å². The fourth-order valence-electron chi connectivity index (χ4n) is 3.05. The molecule has 1 saturated carbocycles. The molecule has 0 saturated heterocycles. The summed E-state index contributed by atoms with van der Waals surface area (Å²) in [6.45, 7) is 1.25. The Balaban J connectivity index is 1.87. The molecule has 0 radical (unpaired) electrons. The second-order valence-corrected chi connectivity index (χ2v) is 6.93. The second kappa shape index (κ2) is 9.04. The maximum Gasteiger partial charge on any atom is 0.259 e. The number of aliphatic hydroxyl groups is 1. The van der Waals surface area contributed by atoms with Gasteiger partial charge in [0.05, 0.1) is 5.60 Å². The number of carbonyl (C=O) groups is 1. The van der Waals surface area contributed by atoms with E-state index < -0.39 is 5.60 Å². The maximum atomic E-state index is 11.7. The van der Waals surface area contributed by atoms with Gasteiger partial charge in [-0.05, 0) is 18.9 Å². The van der Waals surface area contributed by atoms with E-state index in [0.717, 1.165) is 31.2 Å². The summed E-state index contributed by atoms with van der Waals surface area (Å²) in [5.41, 5.74) is 0.411. The predicted molar refractivity (Wildman–Crippen MR) is 95.0 cm³/mol. The first-order valence-corrected chi connectivity index (χ1v) is 8.84. The topological polar surface area (TPSA) is 61.8 Å². The lowest BCUT2D eigenvalue weighted by Crippen LogP contribution is -2.40. The SMILES string of the molecule is CN(C)C(=O)COc1ccccc1CNCC1(O)CCCCCC1. The van der Waals surface area contributed by atoms with Crippen LogP contribution < -0.4 is 10.1 Å². The van der Waals surface area contributed by atoms with Crippen LogP contribution in [0.15, 0.2) is 24.3 Å². The highest BCUT2D eigenvalue weighted by molar-refractivity contribution is 5.77. The van der Waals surface area contributed by atoms with Crippen molar-refractivity contribution in [2.45, 2.75) is 50.7 Å². The van der Waals surface area contributed by atoms with Crippen LogP contribution in [0.25, 0.3) is 0 Å². The number of amides is 1. The van der Waals surface area contributed by atoms with Crippen LogP contribution in [0.1, 0.15) is 44.1 Å². The van der Waals surface area contributed by atoms with Crippen molar-refractivity contribution in [2.24, 2.45) is 0 Å². The average molecular weight is 334 g/mol. The van der Waals surface area contributed by atoms with Gasteiger partial charge in [0, 0.05) is 32.7 Å². The Morgan fingerprint density at radius 2 is 1.88 bits per heavy atom. The Labute approximate surface area is 145 Å². The van der Waals surface area contributed by atoms with E-state index in [4.69, 9.17) is 4.74 Å². The molecule has 5 heteroatoms. The Morgan fingerprint density at radius 1 is 1.21 bits per heavy atom. The molecule has 2 N–H and O–H groups in total. The van der Waals surface area contributed by atoms with Crippen molar-refractivity contribution in [3.05, 3.63) is 29.8 Å². The maximum absolute atomic E-state index is 11.7. The fourth-order valence-corrected chi connectivity index (χ4v) is 3.05. The van der Waals surface area contributed by atoms with E-state index in [1.807, 2.05) is 24.3 Å². The number of rotatable bonds is 7. The van der Waals surface area contributed by atoms with E-state index in [1.165, 1.54) is 17.7 Å². The highest BCUT2D eigenvalue weighted by Gasteiger charge is 2.27. The Morgan fingerprint density at radius 3 is 2.54 bits per heavy atom. The van der Waals surface area contributed by atoms with E-state index >= 15 is 0 Å².